The Labute approximate surface area is 117 Å². The number of hydrogen-bond acceptors (Lipinski definition) is 1. The predicted octanol–water partition coefficient (Wildman–Crippen LogP) is 5.37. The van der Waals surface area contributed by atoms with E-state index in [0.717, 1.165) is 0 Å². The number of nitrogens with zero attached hydrogens (tertiary/aromatic N) is 1. The summed E-state index contributed by atoms with van der Waals surface area (Å²) in [6.45, 7) is 0. The molecule has 0 saturated heterocycles. The summed E-state index contributed by atoms with van der Waals surface area (Å²) in [6, 6.07) is 6.66. The Morgan fingerprint density at radius 3 is 2.31 bits per heavy atom. The van der Waals surface area contributed by atoms with Crippen LogP contribution in [0.4, 0.5) is 0 Å². The summed E-state index contributed by atoms with van der Waals surface area (Å²) in [5.41, 5.74) is 1.09. The topological polar surface area (TPSA) is 12.9 Å². The van der Waals surface area contributed by atoms with E-state index in [-0.39, 0.29) is 5.15 Å². The lowest BCUT2D eigenvalue weighted by atomic mass is 10.1. The fraction of sp³-hybridized carbons (Fsp3) is 0.100. The fourth-order valence-electron chi connectivity index (χ4n) is 1.40. The van der Waals surface area contributed by atoms with Gasteiger partial charge in [0.1, 0.15) is 5.15 Å². The minimum atomic E-state index is -1.54. The molecule has 0 bridgehead atoms. The minimum Gasteiger partial charge on any atom is -0.236 e. The van der Waals surface area contributed by atoms with Gasteiger partial charge in [-0.25, -0.2) is 4.98 Å². The Balaban J connectivity index is 2.83. The van der Waals surface area contributed by atoms with Gasteiger partial charge in [0.25, 0.3) is 0 Å². The summed E-state index contributed by atoms with van der Waals surface area (Å²) in [6.07, 6.45) is 0. The second-order valence-corrected chi connectivity index (χ2v) is 6.26. The standard InChI is InChI=1S/C10H4Cl5N/c11-5-1-2-6-7(10(13,14)15)4-9(12)16-8(6)3-5/h1-4H. The van der Waals surface area contributed by atoms with Crippen molar-refractivity contribution < 1.29 is 0 Å². The zero-order valence-electron chi connectivity index (χ0n) is 7.65. The first-order valence-corrected chi connectivity index (χ1v) is 6.10. The van der Waals surface area contributed by atoms with Crippen LogP contribution in [0.2, 0.25) is 10.2 Å². The first kappa shape index (κ1) is 12.5. The van der Waals surface area contributed by atoms with Crippen molar-refractivity contribution in [1.82, 2.24) is 4.98 Å². The number of aromatic nitrogens is 1. The Hall–Kier alpha value is 0.0800. The largest absolute Gasteiger partial charge is 0.236 e. The average molecular weight is 315 g/mol. The molecule has 1 heterocycles. The SMILES string of the molecule is Clc1ccc2c(C(Cl)(Cl)Cl)cc(Cl)nc2c1. The molecule has 0 N–H and O–H groups in total. The molecule has 2 rings (SSSR count). The van der Waals surface area contributed by atoms with Gasteiger partial charge in [0, 0.05) is 16.0 Å². The molecule has 0 saturated carbocycles. The van der Waals surface area contributed by atoms with Crippen LogP contribution in [0, 0.1) is 0 Å². The summed E-state index contributed by atoms with van der Waals surface area (Å²) in [4.78, 5) is 4.12. The maximum absolute atomic E-state index is 5.86. The van der Waals surface area contributed by atoms with Crippen molar-refractivity contribution in [2.75, 3.05) is 0 Å². The average Bonchev–Trinajstić information content (AvgIpc) is 2.14. The van der Waals surface area contributed by atoms with Crippen LogP contribution < -0.4 is 0 Å². The van der Waals surface area contributed by atoms with Crippen LogP contribution in [0.3, 0.4) is 0 Å². The first-order valence-electron chi connectivity index (χ1n) is 4.21. The Kier molecular flexibility index (Phi) is 3.44. The molecule has 84 valence electrons. The summed E-state index contributed by atoms with van der Waals surface area (Å²) in [5.74, 6) is 0. The number of halogens is 5. The number of hydrogen-bond donors (Lipinski definition) is 0. The molecule has 0 aliphatic rings. The lowest BCUT2D eigenvalue weighted by Crippen LogP contribution is -2.02. The van der Waals surface area contributed by atoms with Crippen LogP contribution in [-0.2, 0) is 3.79 Å². The maximum Gasteiger partial charge on any atom is 0.216 e. The van der Waals surface area contributed by atoms with E-state index in [1.54, 1.807) is 18.2 Å². The number of alkyl halides is 3. The van der Waals surface area contributed by atoms with Gasteiger partial charge in [-0.2, -0.15) is 0 Å². The molecule has 0 spiro atoms. The van der Waals surface area contributed by atoms with Crippen molar-refractivity contribution in [2.24, 2.45) is 0 Å². The van der Waals surface area contributed by atoms with Crippen LogP contribution in [0.15, 0.2) is 24.3 Å². The van der Waals surface area contributed by atoms with E-state index in [2.05, 4.69) is 4.98 Å². The molecule has 1 nitrogen and oxygen atoms in total. The van der Waals surface area contributed by atoms with Crippen molar-refractivity contribution in [2.45, 2.75) is 3.79 Å². The number of benzene rings is 1. The molecule has 2 aromatic rings. The van der Waals surface area contributed by atoms with E-state index in [9.17, 15) is 0 Å². The lowest BCUT2D eigenvalue weighted by molar-refractivity contribution is 1.24. The highest BCUT2D eigenvalue weighted by Gasteiger charge is 2.26. The van der Waals surface area contributed by atoms with Gasteiger partial charge in [0.15, 0.2) is 0 Å². The molecule has 16 heavy (non-hydrogen) atoms. The smallest absolute Gasteiger partial charge is 0.216 e. The normalized spacial score (nSPS) is 12.1. The summed E-state index contributed by atoms with van der Waals surface area (Å²) in [7, 11) is 0. The highest BCUT2D eigenvalue weighted by Crippen LogP contribution is 2.42. The number of pyridine rings is 1. The molecule has 0 amide bonds. The van der Waals surface area contributed by atoms with E-state index in [4.69, 9.17) is 58.0 Å². The fourth-order valence-corrected chi connectivity index (χ4v) is 2.24. The number of fused-ring (bicyclic) bond motifs is 1. The van der Waals surface area contributed by atoms with Crippen molar-refractivity contribution in [3.8, 4) is 0 Å². The first-order chi connectivity index (χ1) is 7.38. The molecule has 0 atom stereocenters. The van der Waals surface area contributed by atoms with E-state index in [1.165, 1.54) is 6.07 Å². The maximum atomic E-state index is 5.86. The van der Waals surface area contributed by atoms with Crippen LogP contribution in [-0.4, -0.2) is 4.98 Å². The molecular weight excluding hydrogens is 311 g/mol. The Morgan fingerprint density at radius 1 is 1.00 bits per heavy atom. The Bertz CT molecular complexity index is 541. The lowest BCUT2D eigenvalue weighted by Gasteiger charge is -2.14. The van der Waals surface area contributed by atoms with E-state index >= 15 is 0 Å². The van der Waals surface area contributed by atoms with Crippen LogP contribution in [0.5, 0.6) is 0 Å². The third-order valence-corrected chi connectivity index (χ3v) is 3.09. The molecule has 0 aliphatic heterocycles. The second-order valence-electron chi connectivity index (χ2n) is 3.15. The zero-order chi connectivity index (χ0) is 11.9. The summed E-state index contributed by atoms with van der Waals surface area (Å²) in [5, 5.41) is 1.53. The second kappa shape index (κ2) is 4.40. The molecule has 1 aromatic heterocycles. The van der Waals surface area contributed by atoms with E-state index in [1.807, 2.05) is 0 Å². The quantitative estimate of drug-likeness (QED) is 0.470. The molecule has 0 radical (unpaired) electrons. The van der Waals surface area contributed by atoms with Gasteiger partial charge in [-0.1, -0.05) is 64.1 Å². The van der Waals surface area contributed by atoms with E-state index < -0.39 is 3.79 Å². The van der Waals surface area contributed by atoms with Crippen molar-refractivity contribution in [3.63, 3.8) is 0 Å². The van der Waals surface area contributed by atoms with Gasteiger partial charge in [-0.05, 0) is 18.2 Å². The van der Waals surface area contributed by atoms with E-state index in [0.29, 0.717) is 21.5 Å². The van der Waals surface area contributed by atoms with Gasteiger partial charge >= 0.3 is 0 Å². The minimum absolute atomic E-state index is 0.260. The molecule has 1 aromatic carbocycles. The number of rotatable bonds is 0. The molecular formula is C10H4Cl5N. The molecule has 0 unspecified atom stereocenters. The van der Waals surface area contributed by atoms with Gasteiger partial charge in [-0.15, -0.1) is 0 Å². The third kappa shape index (κ3) is 2.49. The Morgan fingerprint density at radius 2 is 1.69 bits per heavy atom. The van der Waals surface area contributed by atoms with Crippen molar-refractivity contribution in [1.29, 1.82) is 0 Å². The van der Waals surface area contributed by atoms with Gasteiger partial charge in [0.05, 0.1) is 5.52 Å². The van der Waals surface area contributed by atoms with Gasteiger partial charge < -0.3 is 0 Å². The summed E-state index contributed by atoms with van der Waals surface area (Å²) < 4.78 is -1.54. The van der Waals surface area contributed by atoms with Gasteiger partial charge in [0.2, 0.25) is 3.79 Å². The zero-order valence-corrected chi connectivity index (χ0v) is 11.4. The van der Waals surface area contributed by atoms with Crippen LogP contribution in [0.1, 0.15) is 5.56 Å². The van der Waals surface area contributed by atoms with Crippen LogP contribution >= 0.6 is 58.0 Å². The highest BCUT2D eigenvalue weighted by atomic mass is 35.6. The van der Waals surface area contributed by atoms with Crippen LogP contribution in [0.25, 0.3) is 10.9 Å². The monoisotopic (exact) mass is 313 g/mol. The molecule has 0 fully saturated rings. The highest BCUT2D eigenvalue weighted by molar-refractivity contribution is 6.67. The molecule has 0 aliphatic carbocycles. The van der Waals surface area contributed by atoms with Crippen molar-refractivity contribution >= 4 is 68.9 Å². The van der Waals surface area contributed by atoms with Crippen molar-refractivity contribution in [3.05, 3.63) is 40.0 Å². The predicted molar refractivity (Wildman–Crippen MR) is 71.0 cm³/mol. The molecule has 6 heteroatoms. The van der Waals surface area contributed by atoms with Gasteiger partial charge in [-0.3, -0.25) is 0 Å². The third-order valence-electron chi connectivity index (χ3n) is 2.05. The summed E-state index contributed by atoms with van der Waals surface area (Å²) >= 11 is 29.3.